The summed E-state index contributed by atoms with van der Waals surface area (Å²) in [6.45, 7) is 0. The van der Waals surface area contributed by atoms with Crippen molar-refractivity contribution in [1.82, 2.24) is 5.16 Å². The van der Waals surface area contributed by atoms with Crippen LogP contribution in [0.15, 0.2) is 28.8 Å². The fourth-order valence-corrected chi connectivity index (χ4v) is 1.51. The van der Waals surface area contributed by atoms with E-state index in [4.69, 9.17) is 17.3 Å². The Bertz CT molecular complexity index is 513. The number of nitrogens with zero attached hydrogens (tertiary/aromatic N) is 1. The highest BCUT2D eigenvalue weighted by atomic mass is 35.5. The Hall–Kier alpha value is -1.62. The Morgan fingerprint density at radius 3 is 2.62 bits per heavy atom. The van der Waals surface area contributed by atoms with Crippen LogP contribution in [-0.4, -0.2) is 5.16 Å². The van der Waals surface area contributed by atoms with Gasteiger partial charge in [0.05, 0.1) is 5.02 Å². The van der Waals surface area contributed by atoms with Gasteiger partial charge in [0.1, 0.15) is 5.69 Å². The molecule has 0 aliphatic heterocycles. The van der Waals surface area contributed by atoms with Crippen molar-refractivity contribution < 1.29 is 13.3 Å². The Balaban J connectivity index is 2.51. The lowest BCUT2D eigenvalue weighted by Crippen LogP contribution is -1.87. The van der Waals surface area contributed by atoms with Crippen LogP contribution in [0, 0.1) is 0 Å². The average molecular weight is 245 g/mol. The molecule has 0 radical (unpaired) electrons. The van der Waals surface area contributed by atoms with Gasteiger partial charge in [-0.05, 0) is 12.1 Å². The van der Waals surface area contributed by atoms with Crippen LogP contribution in [0.4, 0.5) is 14.7 Å². The average Bonchev–Trinajstić information content (AvgIpc) is 2.65. The maximum Gasteiger partial charge on any atom is 0.263 e. The summed E-state index contributed by atoms with van der Waals surface area (Å²) < 4.78 is 29.6. The molecule has 0 amide bonds. The summed E-state index contributed by atoms with van der Waals surface area (Å²) in [5.41, 5.74) is 5.93. The van der Waals surface area contributed by atoms with Crippen molar-refractivity contribution in [2.45, 2.75) is 6.43 Å². The summed E-state index contributed by atoms with van der Waals surface area (Å²) in [6, 6.07) is 5.35. The standard InChI is InChI=1S/C10H7ClF2N2O/c11-7-2-1-5(10(12)13)3-6(7)8-4-9(14)16-15-8/h1-4,10H,14H2. The van der Waals surface area contributed by atoms with Crippen LogP contribution in [-0.2, 0) is 0 Å². The van der Waals surface area contributed by atoms with Crippen molar-refractivity contribution in [1.29, 1.82) is 0 Å². The van der Waals surface area contributed by atoms with Gasteiger partial charge in [0.25, 0.3) is 6.43 Å². The molecule has 0 aliphatic rings. The van der Waals surface area contributed by atoms with Crippen LogP contribution < -0.4 is 5.73 Å². The molecule has 0 unspecified atom stereocenters. The molecule has 0 fully saturated rings. The van der Waals surface area contributed by atoms with Crippen LogP contribution in [0.5, 0.6) is 0 Å². The zero-order valence-corrected chi connectivity index (χ0v) is 8.71. The van der Waals surface area contributed by atoms with E-state index < -0.39 is 6.43 Å². The number of benzene rings is 1. The molecule has 0 saturated carbocycles. The summed E-state index contributed by atoms with van der Waals surface area (Å²) in [7, 11) is 0. The largest absolute Gasteiger partial charge is 0.368 e. The number of nitrogen functional groups attached to an aromatic ring is 1. The number of alkyl halides is 2. The molecule has 0 bridgehead atoms. The van der Waals surface area contributed by atoms with E-state index >= 15 is 0 Å². The molecule has 2 N–H and O–H groups in total. The number of rotatable bonds is 2. The van der Waals surface area contributed by atoms with Crippen LogP contribution in [0.1, 0.15) is 12.0 Å². The van der Waals surface area contributed by atoms with Gasteiger partial charge in [-0.25, -0.2) is 8.78 Å². The summed E-state index contributed by atoms with van der Waals surface area (Å²) >= 11 is 5.88. The summed E-state index contributed by atoms with van der Waals surface area (Å²) in [4.78, 5) is 0. The van der Waals surface area contributed by atoms with Crippen molar-refractivity contribution in [3.8, 4) is 11.3 Å². The minimum atomic E-state index is -2.56. The number of hydrogen-bond acceptors (Lipinski definition) is 3. The SMILES string of the molecule is Nc1cc(-c2cc(C(F)F)ccc2Cl)no1. The number of aromatic nitrogens is 1. The van der Waals surface area contributed by atoms with E-state index in [9.17, 15) is 8.78 Å². The molecule has 0 saturated heterocycles. The molecular formula is C10H7ClF2N2O. The number of nitrogens with two attached hydrogens (primary N) is 1. The normalized spacial score (nSPS) is 11.0. The van der Waals surface area contributed by atoms with Crippen LogP contribution in [0.25, 0.3) is 11.3 Å². The summed E-state index contributed by atoms with van der Waals surface area (Å²) in [6.07, 6.45) is -2.56. The Morgan fingerprint density at radius 2 is 2.06 bits per heavy atom. The van der Waals surface area contributed by atoms with Crippen molar-refractivity contribution in [3.05, 3.63) is 34.9 Å². The maximum atomic E-state index is 12.5. The third kappa shape index (κ3) is 1.99. The second-order valence-electron chi connectivity index (χ2n) is 3.15. The molecule has 0 aliphatic carbocycles. The molecule has 6 heteroatoms. The highest BCUT2D eigenvalue weighted by molar-refractivity contribution is 6.33. The predicted molar refractivity (Wildman–Crippen MR) is 56.3 cm³/mol. The van der Waals surface area contributed by atoms with Gasteiger partial charge in [-0.2, -0.15) is 0 Å². The second-order valence-corrected chi connectivity index (χ2v) is 3.56. The second kappa shape index (κ2) is 4.09. The molecule has 1 aromatic carbocycles. The lowest BCUT2D eigenvalue weighted by atomic mass is 10.1. The maximum absolute atomic E-state index is 12.5. The molecule has 1 heterocycles. The zero-order valence-electron chi connectivity index (χ0n) is 7.95. The van der Waals surface area contributed by atoms with E-state index in [1.165, 1.54) is 24.3 Å². The van der Waals surface area contributed by atoms with Gasteiger partial charge >= 0.3 is 0 Å². The van der Waals surface area contributed by atoms with E-state index in [1.54, 1.807) is 0 Å². The van der Waals surface area contributed by atoms with Crippen molar-refractivity contribution in [2.24, 2.45) is 0 Å². The van der Waals surface area contributed by atoms with E-state index in [2.05, 4.69) is 9.68 Å². The molecule has 2 aromatic rings. The van der Waals surface area contributed by atoms with Gasteiger partial charge in [0, 0.05) is 17.2 Å². The Kier molecular flexibility index (Phi) is 2.78. The predicted octanol–water partition coefficient (Wildman–Crippen LogP) is 3.51. The van der Waals surface area contributed by atoms with Gasteiger partial charge in [-0.1, -0.05) is 22.8 Å². The van der Waals surface area contributed by atoms with Gasteiger partial charge in [-0.15, -0.1) is 0 Å². The fraction of sp³-hybridized carbons (Fsp3) is 0.100. The van der Waals surface area contributed by atoms with E-state index in [0.29, 0.717) is 16.3 Å². The summed E-state index contributed by atoms with van der Waals surface area (Å²) in [5.74, 6) is 0.105. The van der Waals surface area contributed by atoms with Crippen molar-refractivity contribution in [2.75, 3.05) is 5.73 Å². The molecular weight excluding hydrogens is 238 g/mol. The summed E-state index contributed by atoms with van der Waals surface area (Å²) in [5, 5.41) is 3.94. The van der Waals surface area contributed by atoms with E-state index in [0.717, 1.165) is 0 Å². The fourth-order valence-electron chi connectivity index (χ4n) is 1.29. The smallest absolute Gasteiger partial charge is 0.263 e. The lowest BCUT2D eigenvalue weighted by Gasteiger charge is -2.03. The Morgan fingerprint density at radius 1 is 1.31 bits per heavy atom. The molecule has 84 valence electrons. The number of halogens is 3. The van der Waals surface area contributed by atoms with E-state index in [-0.39, 0.29) is 11.4 Å². The highest BCUT2D eigenvalue weighted by Gasteiger charge is 2.13. The van der Waals surface area contributed by atoms with Crippen molar-refractivity contribution >= 4 is 17.5 Å². The first-order valence-corrected chi connectivity index (χ1v) is 4.76. The van der Waals surface area contributed by atoms with Crippen LogP contribution >= 0.6 is 11.6 Å². The number of hydrogen-bond donors (Lipinski definition) is 1. The quantitative estimate of drug-likeness (QED) is 0.879. The zero-order chi connectivity index (χ0) is 11.7. The third-order valence-corrected chi connectivity index (χ3v) is 2.38. The topological polar surface area (TPSA) is 52.0 Å². The van der Waals surface area contributed by atoms with Gasteiger partial charge in [0.15, 0.2) is 0 Å². The molecule has 2 rings (SSSR count). The van der Waals surface area contributed by atoms with Gasteiger partial charge in [0.2, 0.25) is 5.88 Å². The molecule has 1 aromatic heterocycles. The first kappa shape index (κ1) is 10.9. The van der Waals surface area contributed by atoms with Crippen LogP contribution in [0.2, 0.25) is 5.02 Å². The minimum Gasteiger partial charge on any atom is -0.368 e. The molecule has 0 atom stereocenters. The van der Waals surface area contributed by atoms with Gasteiger partial charge in [-0.3, -0.25) is 0 Å². The number of anilines is 1. The third-order valence-electron chi connectivity index (χ3n) is 2.05. The lowest BCUT2D eigenvalue weighted by molar-refractivity contribution is 0.151. The van der Waals surface area contributed by atoms with E-state index in [1.807, 2.05) is 0 Å². The monoisotopic (exact) mass is 244 g/mol. The molecule has 16 heavy (non-hydrogen) atoms. The first-order valence-electron chi connectivity index (χ1n) is 4.38. The van der Waals surface area contributed by atoms with Crippen LogP contribution in [0.3, 0.4) is 0 Å². The molecule has 0 spiro atoms. The highest BCUT2D eigenvalue weighted by Crippen LogP contribution is 2.31. The van der Waals surface area contributed by atoms with Gasteiger partial charge < -0.3 is 10.3 Å². The minimum absolute atomic E-state index is 0.105. The molecule has 3 nitrogen and oxygen atoms in total. The first-order chi connectivity index (χ1) is 7.58. The Labute approximate surface area is 94.8 Å². The van der Waals surface area contributed by atoms with Crippen molar-refractivity contribution in [3.63, 3.8) is 0 Å².